The Bertz CT molecular complexity index is 500. The third-order valence-corrected chi connectivity index (χ3v) is 1.32. The first-order valence-corrected chi connectivity index (χ1v) is 8.88. The van der Waals surface area contributed by atoms with Gasteiger partial charge in [-0.3, -0.25) is 15.0 Å². The molecule has 0 fully saturated rings. The van der Waals surface area contributed by atoms with Gasteiger partial charge in [0.15, 0.2) is 0 Å². The van der Waals surface area contributed by atoms with E-state index in [1.54, 1.807) is 37.7 Å². The molecule has 0 atom stereocenters. The third kappa shape index (κ3) is 72.5. The zero-order valence-corrected chi connectivity index (χ0v) is 18.1. The zero-order valence-electron chi connectivity index (χ0n) is 13.4. The Morgan fingerprint density at radius 3 is 0.750 bits per heavy atom. The number of nitrogens with zero attached hydrogens (tertiary/aromatic N) is 6. The van der Waals surface area contributed by atoms with Crippen molar-refractivity contribution in [2.45, 2.75) is 0 Å². The second-order valence-corrected chi connectivity index (χ2v) is 5.12. The molecule has 0 spiro atoms. The maximum Gasteiger partial charge on any atom is 2.00 e. The fourth-order valence-corrected chi connectivity index (χ4v) is 0.707. The molecule has 166 valence electrons. The van der Waals surface area contributed by atoms with Gasteiger partial charge in [-0.15, -0.1) is 0 Å². The summed E-state index contributed by atoms with van der Waals surface area (Å²) < 4.78 is 17.1. The van der Waals surface area contributed by atoms with Crippen molar-refractivity contribution in [3.05, 3.63) is 0 Å². The fraction of sp³-hybridized carbons (Fsp3) is 0.333. The quantitative estimate of drug-likeness (QED) is 0.200. The van der Waals surface area contributed by atoms with Crippen LogP contribution in [0.1, 0.15) is 0 Å². The minimum Gasteiger partial charge on any atom is -0.822 e. The second kappa shape index (κ2) is 24.8. The Morgan fingerprint density at radius 1 is 0.536 bits per heavy atom. The van der Waals surface area contributed by atoms with Gasteiger partial charge in [-0.1, -0.05) is 0 Å². The second-order valence-electron chi connectivity index (χ2n) is 3.33. The van der Waals surface area contributed by atoms with Crippen LogP contribution in [0.2, 0.25) is 0 Å². The van der Waals surface area contributed by atoms with Gasteiger partial charge in [0.1, 0.15) is 19.0 Å². The molecule has 0 N–H and O–H groups in total. The van der Waals surface area contributed by atoms with E-state index in [1.165, 1.54) is 0 Å². The first-order valence-electron chi connectivity index (χ1n) is 5.96. The normalized spacial score (nSPS) is 13.6. The Kier molecular flexibility index (Phi) is 33.9. The molecule has 3 heterocycles. The summed E-state index contributed by atoms with van der Waals surface area (Å²) in [5, 5.41) is 0. The molecular weight excluding hydrogens is 558 g/mol. The molecule has 0 aromatic carbocycles. The smallest absolute Gasteiger partial charge is 0.822 e. The van der Waals surface area contributed by atoms with Gasteiger partial charge in [-0.25, -0.2) is 15.0 Å². The molecule has 0 unspecified atom stereocenters. The van der Waals surface area contributed by atoms with Crippen LogP contribution in [0.4, 0.5) is 0 Å². The van der Waals surface area contributed by atoms with Crippen LogP contribution in [-0.4, -0.2) is 57.3 Å². The molecule has 14 nitrogen and oxygen atoms in total. The van der Waals surface area contributed by atoms with Gasteiger partial charge in [0.25, 0.3) is 0 Å². The summed E-state index contributed by atoms with van der Waals surface area (Å²) in [5.74, 6) is 0. The van der Waals surface area contributed by atoms with Crippen molar-refractivity contribution in [3.8, 4) is 0 Å². The monoisotopic (exact) mass is 568 g/mol. The van der Waals surface area contributed by atoms with E-state index in [0.29, 0.717) is 0 Å². The Balaban J connectivity index is -0.0000000767. The van der Waals surface area contributed by atoms with Crippen molar-refractivity contribution in [1.82, 2.24) is 0 Å². The summed E-state index contributed by atoms with van der Waals surface area (Å²) in [6, 6.07) is 0. The van der Waals surface area contributed by atoms with Gasteiger partial charge in [-0.2, -0.15) is 15.6 Å². The summed E-state index contributed by atoms with van der Waals surface area (Å²) >= 11 is 0. The molecular formula is C9H12N6Ni3O8P2. The number of phosphoric acid groups is 2. The van der Waals surface area contributed by atoms with Crippen molar-refractivity contribution in [3.63, 3.8) is 0 Å². The molecule has 3 aliphatic rings. The van der Waals surface area contributed by atoms with E-state index in [0.717, 1.165) is 19.6 Å². The van der Waals surface area contributed by atoms with Gasteiger partial charge < -0.3 is 38.5 Å². The number of rotatable bonds is 0. The van der Waals surface area contributed by atoms with E-state index in [2.05, 4.69) is 30.0 Å². The standard InChI is InChI=1S/3C3H4N2.3Ni.2H3O4P/c3*1-2-5-3-4-1;;;;2*1-5(2,3)4/h3*1,3H,2H2;;;;2*(H3,1,2,3,4)/q;;;3*+2;;/p-6. The van der Waals surface area contributed by atoms with Crippen LogP contribution in [0.3, 0.4) is 0 Å². The molecule has 28 heavy (non-hydrogen) atoms. The fourth-order valence-electron chi connectivity index (χ4n) is 0.707. The number of aliphatic imine (C=N–C) groups is 6. The SMILES string of the molecule is C1=NC=NC1.C1=NC=NC1.C1=NC=NC1.O=P([O-])([O-])[O-].O=P([O-])([O-])[O-].[Ni+2].[Ni+2].[Ni+2]. The van der Waals surface area contributed by atoms with Crippen LogP contribution in [0.5, 0.6) is 0 Å². The molecule has 0 amide bonds. The van der Waals surface area contributed by atoms with Crippen molar-refractivity contribution >= 4 is 53.3 Å². The molecule has 0 aromatic rings. The minimum absolute atomic E-state index is 0. The number of hydrogen-bond donors (Lipinski definition) is 0. The molecule has 3 aliphatic heterocycles. The number of hydrogen-bond acceptors (Lipinski definition) is 14. The molecule has 0 bridgehead atoms. The molecule has 19 heteroatoms. The van der Waals surface area contributed by atoms with Crippen molar-refractivity contribution in [1.29, 1.82) is 0 Å². The van der Waals surface area contributed by atoms with Gasteiger partial charge in [0, 0.05) is 18.6 Å². The molecule has 0 radical (unpaired) electrons. The molecule has 0 saturated heterocycles. The third-order valence-electron chi connectivity index (χ3n) is 1.32. The molecule has 3 rings (SSSR count). The maximum absolute atomic E-state index is 8.55. The van der Waals surface area contributed by atoms with Crippen LogP contribution in [0, 0.1) is 0 Å². The van der Waals surface area contributed by atoms with E-state index in [4.69, 9.17) is 38.5 Å². The summed E-state index contributed by atoms with van der Waals surface area (Å²) in [7, 11) is -10.8. The summed E-state index contributed by atoms with van der Waals surface area (Å²) in [5.41, 5.74) is 0. The van der Waals surface area contributed by atoms with Gasteiger partial charge in [0.05, 0.1) is 19.6 Å². The van der Waals surface area contributed by atoms with E-state index >= 15 is 0 Å². The first kappa shape index (κ1) is 38.3. The topological polar surface area (TPSA) is 247 Å². The van der Waals surface area contributed by atoms with Crippen LogP contribution >= 0.6 is 15.6 Å². The minimum atomic E-state index is -5.39. The van der Waals surface area contributed by atoms with Crippen molar-refractivity contribution in [2.24, 2.45) is 30.0 Å². The van der Waals surface area contributed by atoms with E-state index < -0.39 is 15.6 Å². The van der Waals surface area contributed by atoms with Crippen LogP contribution in [0.15, 0.2) is 30.0 Å². The zero-order chi connectivity index (χ0) is 19.6. The van der Waals surface area contributed by atoms with Gasteiger partial charge in [0.2, 0.25) is 0 Å². The Hall–Kier alpha value is -0.279. The predicted molar refractivity (Wildman–Crippen MR) is 80.8 cm³/mol. The average molecular weight is 570 g/mol. The predicted octanol–water partition coefficient (Wildman–Crippen LogP) is -5.36. The largest absolute Gasteiger partial charge is 2.00 e. The van der Waals surface area contributed by atoms with Crippen molar-refractivity contribution < 1.29 is 88.0 Å². The van der Waals surface area contributed by atoms with Gasteiger partial charge in [-0.05, 0) is 0 Å². The molecule has 0 aliphatic carbocycles. The summed E-state index contributed by atoms with van der Waals surface area (Å²) in [4.78, 5) is 73.5. The van der Waals surface area contributed by atoms with Gasteiger partial charge >= 0.3 is 49.5 Å². The van der Waals surface area contributed by atoms with Crippen LogP contribution in [-0.2, 0) is 58.6 Å². The van der Waals surface area contributed by atoms with E-state index in [9.17, 15) is 0 Å². The first-order chi connectivity index (χ1) is 11.5. The van der Waals surface area contributed by atoms with E-state index in [-0.39, 0.29) is 49.5 Å². The van der Waals surface area contributed by atoms with Crippen LogP contribution < -0.4 is 29.4 Å². The van der Waals surface area contributed by atoms with Crippen molar-refractivity contribution in [2.75, 3.05) is 19.6 Å². The Morgan fingerprint density at radius 2 is 0.714 bits per heavy atom. The van der Waals surface area contributed by atoms with E-state index in [1.807, 2.05) is 0 Å². The maximum atomic E-state index is 8.55. The van der Waals surface area contributed by atoms with Crippen LogP contribution in [0.25, 0.3) is 0 Å². The average Bonchev–Trinajstić information content (AvgIpc) is 3.24. The summed E-state index contributed by atoms with van der Waals surface area (Å²) in [6.07, 6.45) is 9.96. The molecule has 0 saturated carbocycles. The summed E-state index contributed by atoms with van der Waals surface area (Å²) in [6.45, 7) is 2.33. The Labute approximate surface area is 190 Å². The molecule has 0 aromatic heterocycles.